The standard InChI is InChI=1S/C13H17BrN2O3/c1-3-6-16(8-12(17)19-2)13(18)9-4-5-11(15)10(14)7-9/h4-5,7H,3,6,8,15H2,1-2H3. The van der Waals surface area contributed by atoms with Crippen molar-refractivity contribution in [2.75, 3.05) is 25.9 Å². The van der Waals surface area contributed by atoms with Gasteiger partial charge in [-0.2, -0.15) is 0 Å². The van der Waals surface area contributed by atoms with Crippen molar-refractivity contribution in [1.82, 2.24) is 4.90 Å². The highest BCUT2D eigenvalue weighted by Gasteiger charge is 2.18. The maximum absolute atomic E-state index is 12.3. The normalized spacial score (nSPS) is 10.1. The van der Waals surface area contributed by atoms with Gasteiger partial charge in [0, 0.05) is 22.3 Å². The second kappa shape index (κ2) is 7.13. The third-order valence-electron chi connectivity index (χ3n) is 2.58. The second-order valence-electron chi connectivity index (χ2n) is 4.04. The first kappa shape index (κ1) is 15.5. The van der Waals surface area contributed by atoms with Gasteiger partial charge >= 0.3 is 5.97 Å². The van der Waals surface area contributed by atoms with Gasteiger partial charge in [0.2, 0.25) is 0 Å². The maximum atomic E-state index is 12.3. The van der Waals surface area contributed by atoms with Crippen molar-refractivity contribution in [1.29, 1.82) is 0 Å². The van der Waals surface area contributed by atoms with E-state index < -0.39 is 5.97 Å². The zero-order valence-corrected chi connectivity index (χ0v) is 12.6. The van der Waals surface area contributed by atoms with E-state index in [1.165, 1.54) is 12.0 Å². The van der Waals surface area contributed by atoms with Crippen LogP contribution < -0.4 is 5.73 Å². The van der Waals surface area contributed by atoms with E-state index in [0.717, 1.165) is 6.42 Å². The number of nitrogen functional groups attached to an aromatic ring is 1. The van der Waals surface area contributed by atoms with Gasteiger partial charge in [0.15, 0.2) is 0 Å². The van der Waals surface area contributed by atoms with Crippen molar-refractivity contribution >= 4 is 33.5 Å². The van der Waals surface area contributed by atoms with Gasteiger partial charge in [0.25, 0.3) is 5.91 Å². The van der Waals surface area contributed by atoms with E-state index >= 15 is 0 Å². The maximum Gasteiger partial charge on any atom is 0.325 e. The number of ether oxygens (including phenoxy) is 1. The van der Waals surface area contributed by atoms with Crippen LogP contribution in [0.3, 0.4) is 0 Å². The molecular weight excluding hydrogens is 312 g/mol. The molecule has 104 valence electrons. The fraction of sp³-hybridized carbons (Fsp3) is 0.385. The summed E-state index contributed by atoms with van der Waals surface area (Å²) in [6.45, 7) is 2.39. The van der Waals surface area contributed by atoms with Crippen LogP contribution in [0.15, 0.2) is 22.7 Å². The molecule has 0 spiro atoms. The number of amides is 1. The number of esters is 1. The lowest BCUT2D eigenvalue weighted by molar-refractivity contribution is -0.141. The van der Waals surface area contributed by atoms with Crippen LogP contribution in [0.4, 0.5) is 5.69 Å². The Morgan fingerprint density at radius 2 is 2.11 bits per heavy atom. The molecule has 0 atom stereocenters. The number of anilines is 1. The summed E-state index contributed by atoms with van der Waals surface area (Å²) < 4.78 is 5.25. The molecule has 1 amide bonds. The minimum atomic E-state index is -0.434. The van der Waals surface area contributed by atoms with Crippen molar-refractivity contribution in [2.45, 2.75) is 13.3 Å². The molecule has 1 aromatic carbocycles. The van der Waals surface area contributed by atoms with Crippen LogP contribution in [-0.4, -0.2) is 37.0 Å². The Morgan fingerprint density at radius 3 is 2.63 bits per heavy atom. The van der Waals surface area contributed by atoms with Crippen LogP contribution in [0.5, 0.6) is 0 Å². The number of nitrogens with two attached hydrogens (primary N) is 1. The molecule has 19 heavy (non-hydrogen) atoms. The van der Waals surface area contributed by atoms with Crippen LogP contribution in [0.1, 0.15) is 23.7 Å². The quantitative estimate of drug-likeness (QED) is 0.663. The van der Waals surface area contributed by atoms with Crippen LogP contribution in [0.2, 0.25) is 0 Å². The molecule has 0 radical (unpaired) electrons. The SMILES string of the molecule is CCCN(CC(=O)OC)C(=O)c1ccc(N)c(Br)c1. The topological polar surface area (TPSA) is 72.6 Å². The third kappa shape index (κ3) is 4.24. The predicted octanol–water partition coefficient (Wildman–Crippen LogP) is 2.06. The minimum Gasteiger partial charge on any atom is -0.468 e. The number of benzene rings is 1. The van der Waals surface area contributed by atoms with Gasteiger partial charge in [-0.15, -0.1) is 0 Å². The molecule has 0 saturated carbocycles. The molecule has 0 heterocycles. The van der Waals surface area contributed by atoms with E-state index in [1.54, 1.807) is 18.2 Å². The van der Waals surface area contributed by atoms with Crippen molar-refractivity contribution in [3.05, 3.63) is 28.2 Å². The zero-order chi connectivity index (χ0) is 14.4. The Hall–Kier alpha value is -1.56. The second-order valence-corrected chi connectivity index (χ2v) is 4.89. The van der Waals surface area contributed by atoms with E-state index in [0.29, 0.717) is 22.3 Å². The number of hydrogen-bond acceptors (Lipinski definition) is 4. The molecule has 1 rings (SSSR count). The summed E-state index contributed by atoms with van der Waals surface area (Å²) >= 11 is 3.28. The number of rotatable bonds is 5. The molecule has 5 nitrogen and oxygen atoms in total. The van der Waals surface area contributed by atoms with Gasteiger partial charge in [-0.05, 0) is 40.5 Å². The predicted molar refractivity (Wildman–Crippen MR) is 76.8 cm³/mol. The average Bonchev–Trinajstić information content (AvgIpc) is 2.40. The van der Waals surface area contributed by atoms with Gasteiger partial charge in [0.1, 0.15) is 6.54 Å². The molecule has 6 heteroatoms. The molecule has 0 saturated heterocycles. The molecule has 0 aliphatic heterocycles. The first-order chi connectivity index (χ1) is 8.99. The molecule has 2 N–H and O–H groups in total. The van der Waals surface area contributed by atoms with E-state index in [-0.39, 0.29) is 12.5 Å². The van der Waals surface area contributed by atoms with E-state index in [4.69, 9.17) is 5.73 Å². The fourth-order valence-corrected chi connectivity index (χ4v) is 1.96. The highest BCUT2D eigenvalue weighted by Crippen LogP contribution is 2.21. The zero-order valence-electron chi connectivity index (χ0n) is 11.0. The largest absolute Gasteiger partial charge is 0.468 e. The summed E-state index contributed by atoms with van der Waals surface area (Å²) in [6.07, 6.45) is 0.763. The summed E-state index contributed by atoms with van der Waals surface area (Å²) in [5, 5.41) is 0. The molecular formula is C13H17BrN2O3. The number of methoxy groups -OCH3 is 1. The van der Waals surface area contributed by atoms with Crippen LogP contribution in [-0.2, 0) is 9.53 Å². The number of nitrogens with zero attached hydrogens (tertiary/aromatic N) is 1. The van der Waals surface area contributed by atoms with Crippen LogP contribution >= 0.6 is 15.9 Å². The van der Waals surface area contributed by atoms with Crippen molar-refractivity contribution in [3.63, 3.8) is 0 Å². The van der Waals surface area contributed by atoms with Crippen LogP contribution in [0.25, 0.3) is 0 Å². The van der Waals surface area contributed by atoms with Gasteiger partial charge in [0.05, 0.1) is 7.11 Å². The van der Waals surface area contributed by atoms with Crippen molar-refractivity contribution < 1.29 is 14.3 Å². The molecule has 0 aromatic heterocycles. The van der Waals surface area contributed by atoms with E-state index in [2.05, 4.69) is 20.7 Å². The molecule has 0 aliphatic rings. The number of halogens is 1. The van der Waals surface area contributed by atoms with Crippen LogP contribution in [0, 0.1) is 0 Å². The highest BCUT2D eigenvalue weighted by atomic mass is 79.9. The van der Waals surface area contributed by atoms with Gasteiger partial charge in [-0.1, -0.05) is 6.92 Å². The molecule has 0 unspecified atom stereocenters. The highest BCUT2D eigenvalue weighted by molar-refractivity contribution is 9.10. The summed E-state index contributed by atoms with van der Waals surface area (Å²) in [7, 11) is 1.30. The number of carbonyl (C=O) groups excluding carboxylic acids is 2. The van der Waals surface area contributed by atoms with Crippen molar-refractivity contribution in [3.8, 4) is 0 Å². The van der Waals surface area contributed by atoms with Crippen molar-refractivity contribution in [2.24, 2.45) is 0 Å². The minimum absolute atomic E-state index is 0.0504. The summed E-state index contributed by atoms with van der Waals surface area (Å²) in [6, 6.07) is 4.94. The van der Waals surface area contributed by atoms with Gasteiger partial charge in [-0.3, -0.25) is 9.59 Å². The monoisotopic (exact) mass is 328 g/mol. The Balaban J connectivity index is 2.91. The summed E-state index contributed by atoms with van der Waals surface area (Å²) in [4.78, 5) is 25.1. The smallest absolute Gasteiger partial charge is 0.325 e. The third-order valence-corrected chi connectivity index (χ3v) is 3.26. The Morgan fingerprint density at radius 1 is 1.42 bits per heavy atom. The Labute approximate surface area is 120 Å². The first-order valence-electron chi connectivity index (χ1n) is 5.90. The first-order valence-corrected chi connectivity index (χ1v) is 6.70. The fourth-order valence-electron chi connectivity index (χ4n) is 1.59. The lowest BCUT2D eigenvalue weighted by Crippen LogP contribution is -2.36. The van der Waals surface area contributed by atoms with Gasteiger partial charge < -0.3 is 15.4 Å². The lowest BCUT2D eigenvalue weighted by atomic mass is 10.1. The number of hydrogen-bond donors (Lipinski definition) is 1. The summed E-state index contributed by atoms with van der Waals surface area (Å²) in [5.41, 5.74) is 6.73. The summed E-state index contributed by atoms with van der Waals surface area (Å²) in [5.74, 6) is -0.649. The molecule has 1 aromatic rings. The molecule has 0 bridgehead atoms. The Kier molecular flexibility index (Phi) is 5.82. The van der Waals surface area contributed by atoms with E-state index in [1.807, 2.05) is 6.92 Å². The van der Waals surface area contributed by atoms with Gasteiger partial charge in [-0.25, -0.2) is 0 Å². The number of carbonyl (C=O) groups is 2. The lowest BCUT2D eigenvalue weighted by Gasteiger charge is -2.21. The van der Waals surface area contributed by atoms with E-state index in [9.17, 15) is 9.59 Å². The molecule has 0 fully saturated rings. The Bertz CT molecular complexity index is 477. The average molecular weight is 329 g/mol. The molecule has 0 aliphatic carbocycles.